The van der Waals surface area contributed by atoms with Crippen LogP contribution in [0.1, 0.15) is 44.0 Å². The number of thioether (sulfide) groups is 1. The Balaban J connectivity index is 2.11. The van der Waals surface area contributed by atoms with Crippen molar-refractivity contribution in [2.45, 2.75) is 42.8 Å². The lowest BCUT2D eigenvalue weighted by Crippen LogP contribution is -2.32. The lowest BCUT2D eigenvalue weighted by atomic mass is 10.2. The largest absolute Gasteiger partial charge is 0.296 e. The van der Waals surface area contributed by atoms with E-state index in [1.54, 1.807) is 11.8 Å². The third-order valence-corrected chi connectivity index (χ3v) is 7.36. The lowest BCUT2D eigenvalue weighted by molar-refractivity contribution is 0.102. The van der Waals surface area contributed by atoms with Crippen molar-refractivity contribution in [3.63, 3.8) is 0 Å². The van der Waals surface area contributed by atoms with Crippen LogP contribution in [0.5, 0.6) is 0 Å². The first kappa shape index (κ1) is 21.8. The summed E-state index contributed by atoms with van der Waals surface area (Å²) in [4.78, 5) is 12.5. The van der Waals surface area contributed by atoms with E-state index in [0.717, 1.165) is 22.9 Å². The van der Waals surface area contributed by atoms with Gasteiger partial charge in [0, 0.05) is 18.7 Å². The summed E-state index contributed by atoms with van der Waals surface area (Å²) in [6.07, 6.45) is 1.50. The van der Waals surface area contributed by atoms with Gasteiger partial charge in [-0.25, -0.2) is 8.42 Å². The van der Waals surface area contributed by atoms with Gasteiger partial charge in [-0.1, -0.05) is 43.9 Å². The number of hydrogen-bond acceptors (Lipinski definition) is 7. The van der Waals surface area contributed by atoms with E-state index in [-0.39, 0.29) is 10.8 Å². The quantitative estimate of drug-likeness (QED) is 0.458. The fourth-order valence-corrected chi connectivity index (χ4v) is 5.66. The zero-order valence-corrected chi connectivity index (χ0v) is 18.1. The zero-order valence-electron chi connectivity index (χ0n) is 15.6. The van der Waals surface area contributed by atoms with E-state index < -0.39 is 10.0 Å². The monoisotopic (exact) mass is 428 g/mol. The third kappa shape index (κ3) is 5.74. The highest BCUT2D eigenvalue weighted by atomic mass is 32.2. The summed E-state index contributed by atoms with van der Waals surface area (Å²) in [5.41, 5.74) is 0.367. The molecule has 1 heterocycles. The molecular weight excluding hydrogens is 404 g/mol. The van der Waals surface area contributed by atoms with Gasteiger partial charge in [0.2, 0.25) is 15.2 Å². The van der Waals surface area contributed by atoms with Crippen LogP contribution in [0.3, 0.4) is 0 Å². The summed E-state index contributed by atoms with van der Waals surface area (Å²) >= 11 is 2.87. The predicted octanol–water partition coefficient (Wildman–Crippen LogP) is 3.71. The molecule has 10 heteroatoms. The maximum Gasteiger partial charge on any atom is 0.257 e. The summed E-state index contributed by atoms with van der Waals surface area (Å²) in [6, 6.07) is 5.98. The number of nitrogens with one attached hydrogen (secondary N) is 1. The number of nitrogens with zero attached hydrogens (tertiary/aromatic N) is 3. The molecule has 0 aliphatic heterocycles. The molecule has 1 N–H and O–H groups in total. The van der Waals surface area contributed by atoms with Gasteiger partial charge >= 0.3 is 0 Å². The molecule has 1 aromatic carbocycles. The van der Waals surface area contributed by atoms with Crippen molar-refractivity contribution < 1.29 is 13.2 Å². The molecule has 0 aliphatic carbocycles. The number of anilines is 1. The molecule has 7 nitrogen and oxygen atoms in total. The van der Waals surface area contributed by atoms with Crippen LogP contribution in [0.4, 0.5) is 5.13 Å². The maximum absolute atomic E-state index is 12.8. The molecule has 0 bridgehead atoms. The first-order valence-electron chi connectivity index (χ1n) is 8.80. The molecule has 0 radical (unpaired) electrons. The van der Waals surface area contributed by atoms with Crippen molar-refractivity contribution >= 4 is 44.2 Å². The van der Waals surface area contributed by atoms with Gasteiger partial charge in [-0.05, 0) is 42.9 Å². The average Bonchev–Trinajstić information content (AvgIpc) is 3.09. The number of sulfonamides is 1. The summed E-state index contributed by atoms with van der Waals surface area (Å²) < 4.78 is 27.8. The fourth-order valence-electron chi connectivity index (χ4n) is 2.39. The van der Waals surface area contributed by atoms with Crippen LogP contribution >= 0.6 is 23.1 Å². The van der Waals surface area contributed by atoms with E-state index in [2.05, 4.69) is 15.5 Å². The van der Waals surface area contributed by atoms with E-state index >= 15 is 0 Å². The topological polar surface area (TPSA) is 92.3 Å². The minimum absolute atomic E-state index is 0.193. The van der Waals surface area contributed by atoms with E-state index in [0.29, 0.717) is 23.8 Å². The van der Waals surface area contributed by atoms with E-state index in [4.69, 9.17) is 0 Å². The van der Waals surface area contributed by atoms with Crippen molar-refractivity contribution in [1.82, 2.24) is 14.5 Å². The van der Waals surface area contributed by atoms with Crippen LogP contribution in [0.15, 0.2) is 33.5 Å². The smallest absolute Gasteiger partial charge is 0.257 e. The van der Waals surface area contributed by atoms with Crippen molar-refractivity contribution in [2.24, 2.45) is 0 Å². The van der Waals surface area contributed by atoms with Crippen LogP contribution in [-0.4, -0.2) is 47.7 Å². The van der Waals surface area contributed by atoms with Crippen molar-refractivity contribution in [2.75, 3.05) is 24.2 Å². The van der Waals surface area contributed by atoms with Crippen LogP contribution in [0.2, 0.25) is 0 Å². The molecule has 2 rings (SSSR count). The van der Waals surface area contributed by atoms with E-state index in [1.807, 2.05) is 20.8 Å². The molecule has 0 unspecified atom stereocenters. The first-order chi connectivity index (χ1) is 12.9. The van der Waals surface area contributed by atoms with Crippen molar-refractivity contribution in [3.05, 3.63) is 29.8 Å². The van der Waals surface area contributed by atoms with E-state index in [1.165, 1.54) is 39.9 Å². The normalized spacial score (nSPS) is 11.7. The van der Waals surface area contributed by atoms with Gasteiger partial charge in [-0.15, -0.1) is 10.2 Å². The van der Waals surface area contributed by atoms with Gasteiger partial charge in [0.05, 0.1) is 4.90 Å². The van der Waals surface area contributed by atoms with E-state index in [9.17, 15) is 13.2 Å². The standard InChI is InChI=1S/C17H24N4O3S3/c1-4-11-21(12-5-2)27(23,24)14-9-7-13(8-10-14)15(22)18-16-19-20-17(26-16)25-6-3/h7-10H,4-6,11-12H2,1-3H3,(H,18,19,22). The summed E-state index contributed by atoms with van der Waals surface area (Å²) in [5.74, 6) is 0.535. The zero-order chi connectivity index (χ0) is 19.9. The number of benzene rings is 1. The fraction of sp³-hybridized carbons (Fsp3) is 0.471. The highest BCUT2D eigenvalue weighted by Crippen LogP contribution is 2.25. The molecule has 1 amide bonds. The molecule has 0 atom stereocenters. The van der Waals surface area contributed by atoms with Crippen LogP contribution in [-0.2, 0) is 10.0 Å². The molecular formula is C17H24N4O3S3. The second-order valence-corrected chi connectivity index (χ2v) is 10.1. The van der Waals surface area contributed by atoms with Crippen molar-refractivity contribution in [3.8, 4) is 0 Å². The van der Waals surface area contributed by atoms with Gasteiger partial charge < -0.3 is 0 Å². The molecule has 2 aromatic rings. The second kappa shape index (κ2) is 10.2. The maximum atomic E-state index is 12.8. The summed E-state index contributed by atoms with van der Waals surface area (Å²) in [7, 11) is -3.55. The second-order valence-electron chi connectivity index (χ2n) is 5.69. The molecule has 148 valence electrons. The Morgan fingerprint density at radius 2 is 1.74 bits per heavy atom. The highest BCUT2D eigenvalue weighted by Gasteiger charge is 2.23. The Morgan fingerprint density at radius 3 is 2.30 bits per heavy atom. The first-order valence-corrected chi connectivity index (χ1v) is 12.0. The van der Waals surface area contributed by atoms with Gasteiger partial charge in [-0.3, -0.25) is 10.1 Å². The molecule has 0 saturated carbocycles. The van der Waals surface area contributed by atoms with Crippen LogP contribution in [0.25, 0.3) is 0 Å². The SMILES string of the molecule is CCCN(CCC)S(=O)(=O)c1ccc(C(=O)Nc2nnc(SCC)s2)cc1. The third-order valence-electron chi connectivity index (χ3n) is 3.60. The number of carbonyl (C=O) groups excluding carboxylic acids is 1. The Morgan fingerprint density at radius 1 is 1.11 bits per heavy atom. The minimum atomic E-state index is -3.55. The number of hydrogen-bond donors (Lipinski definition) is 1. The summed E-state index contributed by atoms with van der Waals surface area (Å²) in [6.45, 7) is 6.87. The number of amides is 1. The Kier molecular flexibility index (Phi) is 8.21. The highest BCUT2D eigenvalue weighted by molar-refractivity contribution is 8.01. The molecule has 0 aliphatic rings. The van der Waals surface area contributed by atoms with Gasteiger partial charge in [0.15, 0.2) is 4.34 Å². The molecule has 1 aromatic heterocycles. The number of carbonyl (C=O) groups is 1. The predicted molar refractivity (Wildman–Crippen MR) is 110 cm³/mol. The Labute approximate surface area is 168 Å². The Bertz CT molecular complexity index is 845. The molecule has 27 heavy (non-hydrogen) atoms. The van der Waals surface area contributed by atoms with Crippen LogP contribution < -0.4 is 5.32 Å². The average molecular weight is 429 g/mol. The van der Waals surface area contributed by atoms with Crippen LogP contribution in [0, 0.1) is 0 Å². The van der Waals surface area contributed by atoms with Gasteiger partial charge in [0.25, 0.3) is 5.91 Å². The molecule has 0 spiro atoms. The molecule has 0 saturated heterocycles. The van der Waals surface area contributed by atoms with Gasteiger partial charge in [0.1, 0.15) is 0 Å². The van der Waals surface area contributed by atoms with Gasteiger partial charge in [-0.2, -0.15) is 4.31 Å². The molecule has 0 fully saturated rings. The summed E-state index contributed by atoms with van der Waals surface area (Å²) in [5, 5.41) is 11.0. The number of rotatable bonds is 10. The number of aromatic nitrogens is 2. The Hall–Kier alpha value is -1.49. The minimum Gasteiger partial charge on any atom is -0.296 e. The lowest BCUT2D eigenvalue weighted by Gasteiger charge is -2.21. The van der Waals surface area contributed by atoms with Crippen molar-refractivity contribution in [1.29, 1.82) is 0 Å².